The molecule has 0 atom stereocenters. The van der Waals surface area contributed by atoms with Crippen LogP contribution < -0.4 is 0 Å². The highest BCUT2D eigenvalue weighted by Gasteiger charge is 1.99. The van der Waals surface area contributed by atoms with Gasteiger partial charge in [-0.3, -0.25) is 9.97 Å². The second-order valence-electron chi connectivity index (χ2n) is 5.30. The van der Waals surface area contributed by atoms with Gasteiger partial charge in [-0.2, -0.15) is 0 Å². The molecule has 0 bridgehead atoms. The van der Waals surface area contributed by atoms with Gasteiger partial charge in [-0.15, -0.1) is 0 Å². The molecule has 4 aromatic heterocycles. The number of hydrogen-bond acceptors (Lipinski definition) is 4. The largest absolute Gasteiger partial charge is 0.304 e. The predicted octanol–water partition coefficient (Wildman–Crippen LogP) is 4.74. The smallest absolute Gasteiger partial charge is 0.158 e. The molecule has 140 valence electrons. The van der Waals surface area contributed by atoms with E-state index >= 15 is 0 Å². The molecule has 4 aromatic rings. The van der Waals surface area contributed by atoms with E-state index in [4.69, 9.17) is 0 Å². The lowest BCUT2D eigenvalue weighted by Gasteiger charge is -1.93. The molecular weight excluding hydrogens is 324 g/mol. The number of rotatable bonds is 0. The highest BCUT2D eigenvalue weighted by Crippen LogP contribution is 2.05. The molecule has 4 heterocycles. The molecule has 0 aliphatic carbocycles. The predicted molar refractivity (Wildman–Crippen MR) is 108 cm³/mol. The lowest BCUT2D eigenvalue weighted by molar-refractivity contribution is 1.07. The van der Waals surface area contributed by atoms with Crippen molar-refractivity contribution in [1.29, 1.82) is 0 Å². The molecule has 0 unspecified atom stereocenters. The van der Waals surface area contributed by atoms with Crippen molar-refractivity contribution in [2.75, 3.05) is 0 Å². The number of aryl methyl sites for hydroxylation is 4. The molecule has 0 aliphatic rings. The summed E-state index contributed by atoms with van der Waals surface area (Å²) in [6.45, 7) is 15.9. The average Bonchev–Trinajstić information content (AvgIpc) is 3.20. The molecule has 0 amide bonds. The van der Waals surface area contributed by atoms with E-state index < -0.39 is 0 Å². The zero-order chi connectivity index (χ0) is 19.7. The Morgan fingerprint density at radius 1 is 0.692 bits per heavy atom. The summed E-state index contributed by atoms with van der Waals surface area (Å²) in [6, 6.07) is 0. The lowest BCUT2D eigenvalue weighted by Crippen LogP contribution is -1.88. The Labute approximate surface area is 156 Å². The van der Waals surface area contributed by atoms with Gasteiger partial charge >= 0.3 is 0 Å². The van der Waals surface area contributed by atoms with Crippen LogP contribution in [0.25, 0.3) is 11.3 Å². The molecular formula is C20H30N6. The highest BCUT2D eigenvalue weighted by atomic mass is 15.0. The summed E-state index contributed by atoms with van der Waals surface area (Å²) in [7, 11) is 0. The third kappa shape index (κ3) is 5.37. The van der Waals surface area contributed by atoms with Crippen molar-refractivity contribution in [3.8, 4) is 0 Å². The maximum Gasteiger partial charge on any atom is 0.158 e. The van der Waals surface area contributed by atoms with Crippen LogP contribution >= 0.6 is 0 Å². The van der Waals surface area contributed by atoms with Crippen LogP contribution in [0.4, 0.5) is 0 Å². The van der Waals surface area contributed by atoms with Gasteiger partial charge in [-0.25, -0.2) is 9.97 Å². The Kier molecular flexibility index (Phi) is 8.42. The van der Waals surface area contributed by atoms with Crippen molar-refractivity contribution >= 4 is 11.3 Å². The molecule has 0 saturated heterocycles. The standard InChI is InChI=1S/2C8H9N3.2C2H6/c1-6-4-11-5-7(2)10-8(11)3-9-6;1-6-5-11-4-3-9-7(2)8(11)10-6;2*1-2/h2*3-5H,1-2H3;2*1-2H3. The summed E-state index contributed by atoms with van der Waals surface area (Å²) in [6.07, 6.45) is 11.4. The van der Waals surface area contributed by atoms with Gasteiger partial charge < -0.3 is 8.80 Å². The van der Waals surface area contributed by atoms with E-state index in [9.17, 15) is 0 Å². The molecule has 4 rings (SSSR count). The molecule has 0 fully saturated rings. The van der Waals surface area contributed by atoms with Gasteiger partial charge in [0.05, 0.1) is 29.0 Å². The maximum atomic E-state index is 4.31. The van der Waals surface area contributed by atoms with Gasteiger partial charge in [0, 0.05) is 31.0 Å². The molecule has 0 radical (unpaired) electrons. The third-order valence-corrected chi connectivity index (χ3v) is 3.26. The fourth-order valence-corrected chi connectivity index (χ4v) is 2.30. The first kappa shape index (κ1) is 21.3. The second-order valence-corrected chi connectivity index (χ2v) is 5.30. The molecule has 0 N–H and O–H groups in total. The summed E-state index contributed by atoms with van der Waals surface area (Å²) >= 11 is 0. The molecule has 6 heteroatoms. The number of aromatic nitrogens is 6. The summed E-state index contributed by atoms with van der Waals surface area (Å²) in [5, 5.41) is 0. The van der Waals surface area contributed by atoms with Crippen LogP contribution in [0.2, 0.25) is 0 Å². The van der Waals surface area contributed by atoms with E-state index in [2.05, 4.69) is 19.9 Å². The van der Waals surface area contributed by atoms with Crippen molar-refractivity contribution in [2.24, 2.45) is 0 Å². The van der Waals surface area contributed by atoms with E-state index in [0.717, 1.165) is 34.1 Å². The number of imidazole rings is 2. The fraction of sp³-hybridized carbons (Fsp3) is 0.400. The Balaban J connectivity index is 0.000000219. The molecule has 0 aromatic carbocycles. The summed E-state index contributed by atoms with van der Waals surface area (Å²) in [4.78, 5) is 16.8. The minimum absolute atomic E-state index is 0.910. The van der Waals surface area contributed by atoms with Crippen LogP contribution in [0.5, 0.6) is 0 Å². The van der Waals surface area contributed by atoms with Crippen molar-refractivity contribution in [1.82, 2.24) is 28.7 Å². The quantitative estimate of drug-likeness (QED) is 0.457. The van der Waals surface area contributed by atoms with Gasteiger partial charge in [0.25, 0.3) is 0 Å². The van der Waals surface area contributed by atoms with Gasteiger partial charge in [0.2, 0.25) is 0 Å². The molecule has 26 heavy (non-hydrogen) atoms. The molecule has 0 saturated carbocycles. The minimum Gasteiger partial charge on any atom is -0.304 e. The first-order chi connectivity index (χ1) is 12.5. The van der Waals surface area contributed by atoms with Crippen LogP contribution in [-0.2, 0) is 0 Å². The van der Waals surface area contributed by atoms with Crippen molar-refractivity contribution in [3.63, 3.8) is 0 Å². The van der Waals surface area contributed by atoms with Crippen LogP contribution in [0.3, 0.4) is 0 Å². The third-order valence-electron chi connectivity index (χ3n) is 3.26. The van der Waals surface area contributed by atoms with E-state index in [1.54, 1.807) is 12.4 Å². The molecule has 6 nitrogen and oxygen atoms in total. The second kappa shape index (κ2) is 10.3. The first-order valence-electron chi connectivity index (χ1n) is 9.08. The van der Waals surface area contributed by atoms with Crippen LogP contribution in [0.15, 0.2) is 37.2 Å². The zero-order valence-corrected chi connectivity index (χ0v) is 17.1. The monoisotopic (exact) mass is 354 g/mol. The topological polar surface area (TPSA) is 60.4 Å². The normalized spacial score (nSPS) is 9.54. The lowest BCUT2D eigenvalue weighted by atomic mass is 10.5. The van der Waals surface area contributed by atoms with Crippen molar-refractivity contribution < 1.29 is 0 Å². The summed E-state index contributed by atoms with van der Waals surface area (Å²) in [5.41, 5.74) is 5.90. The van der Waals surface area contributed by atoms with E-state index in [-0.39, 0.29) is 0 Å². The van der Waals surface area contributed by atoms with Crippen molar-refractivity contribution in [2.45, 2.75) is 55.4 Å². The summed E-state index contributed by atoms with van der Waals surface area (Å²) in [5.74, 6) is 0. The van der Waals surface area contributed by atoms with Gasteiger partial charge in [0.15, 0.2) is 11.3 Å². The molecule has 0 aliphatic heterocycles. The Morgan fingerprint density at radius 3 is 1.92 bits per heavy atom. The SMILES string of the molecule is CC.CC.Cc1cn2cc(C)nc2cn1.Cc1cn2ccnc(C)c2n1. The zero-order valence-electron chi connectivity index (χ0n) is 17.1. The Morgan fingerprint density at radius 2 is 1.27 bits per heavy atom. The minimum atomic E-state index is 0.910. The maximum absolute atomic E-state index is 4.31. The van der Waals surface area contributed by atoms with Gasteiger partial charge in [-0.1, -0.05) is 27.7 Å². The van der Waals surface area contributed by atoms with Gasteiger partial charge in [0.1, 0.15) is 0 Å². The first-order valence-corrected chi connectivity index (χ1v) is 9.08. The fourth-order valence-electron chi connectivity index (χ4n) is 2.30. The number of nitrogens with zero attached hydrogens (tertiary/aromatic N) is 6. The number of fused-ring (bicyclic) bond motifs is 2. The van der Waals surface area contributed by atoms with Crippen molar-refractivity contribution in [3.05, 3.63) is 60.0 Å². The van der Waals surface area contributed by atoms with E-state index in [1.807, 2.05) is 89.0 Å². The van der Waals surface area contributed by atoms with Crippen LogP contribution in [-0.4, -0.2) is 28.7 Å². The van der Waals surface area contributed by atoms with E-state index in [1.165, 1.54) is 0 Å². The Bertz CT molecular complexity index is 935. The van der Waals surface area contributed by atoms with Crippen LogP contribution in [0.1, 0.15) is 50.5 Å². The Hall–Kier alpha value is -2.76. The van der Waals surface area contributed by atoms with Gasteiger partial charge in [-0.05, 0) is 27.7 Å². The molecule has 0 spiro atoms. The highest BCUT2D eigenvalue weighted by molar-refractivity contribution is 5.43. The summed E-state index contributed by atoms with van der Waals surface area (Å²) < 4.78 is 3.97. The number of hydrogen-bond donors (Lipinski definition) is 0. The average molecular weight is 355 g/mol. The van der Waals surface area contributed by atoms with E-state index in [0.29, 0.717) is 0 Å². The van der Waals surface area contributed by atoms with Crippen LogP contribution in [0, 0.1) is 27.7 Å².